The Balaban J connectivity index is 2.12. The van der Waals surface area contributed by atoms with Crippen LogP contribution in [0.5, 0.6) is 0 Å². The van der Waals surface area contributed by atoms with E-state index in [-0.39, 0.29) is 23.4 Å². The van der Waals surface area contributed by atoms with Gasteiger partial charge in [0.1, 0.15) is 5.82 Å². The van der Waals surface area contributed by atoms with Crippen molar-refractivity contribution < 1.29 is 18.7 Å². The predicted octanol–water partition coefficient (Wildman–Crippen LogP) is 2.55. The molecule has 114 valence electrons. The van der Waals surface area contributed by atoms with Gasteiger partial charge in [-0.15, -0.1) is 0 Å². The number of ether oxygens (including phenoxy) is 1. The van der Waals surface area contributed by atoms with Gasteiger partial charge in [-0.05, 0) is 38.3 Å². The van der Waals surface area contributed by atoms with E-state index in [4.69, 9.17) is 4.74 Å². The number of rotatable bonds is 3. The first kappa shape index (κ1) is 15.5. The monoisotopic (exact) mass is 293 g/mol. The third kappa shape index (κ3) is 3.40. The van der Waals surface area contributed by atoms with Crippen LogP contribution < -0.4 is 0 Å². The van der Waals surface area contributed by atoms with Crippen LogP contribution in [0, 0.1) is 18.7 Å². The van der Waals surface area contributed by atoms with Crippen molar-refractivity contribution in [3.8, 4) is 0 Å². The van der Waals surface area contributed by atoms with E-state index < -0.39 is 5.82 Å². The molecule has 1 atom stereocenters. The van der Waals surface area contributed by atoms with Crippen LogP contribution in [0.15, 0.2) is 18.2 Å². The zero-order valence-corrected chi connectivity index (χ0v) is 12.4. The Bertz CT molecular complexity index is 544. The SMILES string of the molecule is CCOC(=O)[C@@H]1CCCN(C(=O)c2cccc(C)c2F)C1. The molecular weight excluding hydrogens is 273 g/mol. The number of benzene rings is 1. The second kappa shape index (κ2) is 6.70. The zero-order valence-electron chi connectivity index (χ0n) is 12.4. The molecule has 0 bridgehead atoms. The number of hydrogen-bond acceptors (Lipinski definition) is 3. The van der Waals surface area contributed by atoms with E-state index in [2.05, 4.69) is 0 Å². The van der Waals surface area contributed by atoms with Crippen LogP contribution in [0.4, 0.5) is 4.39 Å². The first-order chi connectivity index (χ1) is 10.0. The number of likely N-dealkylation sites (tertiary alicyclic amines) is 1. The van der Waals surface area contributed by atoms with Crippen molar-refractivity contribution in [3.63, 3.8) is 0 Å². The minimum Gasteiger partial charge on any atom is -0.466 e. The molecule has 1 saturated heterocycles. The molecule has 5 heteroatoms. The number of piperidine rings is 1. The molecule has 1 heterocycles. The van der Waals surface area contributed by atoms with Crippen molar-refractivity contribution >= 4 is 11.9 Å². The van der Waals surface area contributed by atoms with Crippen LogP contribution in [0.2, 0.25) is 0 Å². The molecule has 21 heavy (non-hydrogen) atoms. The van der Waals surface area contributed by atoms with Crippen LogP contribution in [-0.2, 0) is 9.53 Å². The number of carbonyl (C=O) groups excluding carboxylic acids is 2. The summed E-state index contributed by atoms with van der Waals surface area (Å²) in [6.45, 7) is 4.55. The number of carbonyl (C=O) groups is 2. The van der Waals surface area contributed by atoms with Gasteiger partial charge in [-0.1, -0.05) is 12.1 Å². The fraction of sp³-hybridized carbons (Fsp3) is 0.500. The summed E-state index contributed by atoms with van der Waals surface area (Å²) in [5.41, 5.74) is 0.513. The molecule has 4 nitrogen and oxygen atoms in total. The highest BCUT2D eigenvalue weighted by Gasteiger charge is 2.30. The molecule has 0 N–H and O–H groups in total. The van der Waals surface area contributed by atoms with Gasteiger partial charge in [0.2, 0.25) is 0 Å². The first-order valence-corrected chi connectivity index (χ1v) is 7.25. The molecule has 1 amide bonds. The summed E-state index contributed by atoms with van der Waals surface area (Å²) in [6, 6.07) is 4.78. The summed E-state index contributed by atoms with van der Waals surface area (Å²) in [4.78, 5) is 25.8. The summed E-state index contributed by atoms with van der Waals surface area (Å²) in [7, 11) is 0. The van der Waals surface area contributed by atoms with E-state index in [0.29, 0.717) is 31.7 Å². The van der Waals surface area contributed by atoms with Crippen molar-refractivity contribution in [2.75, 3.05) is 19.7 Å². The number of aryl methyl sites for hydroxylation is 1. The Morgan fingerprint density at radius 2 is 2.19 bits per heavy atom. The lowest BCUT2D eigenvalue weighted by Crippen LogP contribution is -2.43. The lowest BCUT2D eigenvalue weighted by atomic mass is 9.97. The van der Waals surface area contributed by atoms with E-state index in [9.17, 15) is 14.0 Å². The highest BCUT2D eigenvalue weighted by Crippen LogP contribution is 2.21. The fourth-order valence-electron chi connectivity index (χ4n) is 2.60. The van der Waals surface area contributed by atoms with Crippen LogP contribution in [0.1, 0.15) is 35.7 Å². The van der Waals surface area contributed by atoms with Gasteiger partial charge in [0.15, 0.2) is 0 Å². The molecule has 0 aromatic heterocycles. The van der Waals surface area contributed by atoms with Gasteiger partial charge in [0.05, 0.1) is 18.1 Å². The molecule has 1 fully saturated rings. The summed E-state index contributed by atoms with van der Waals surface area (Å²) < 4.78 is 19.1. The number of hydrogen-bond donors (Lipinski definition) is 0. The quantitative estimate of drug-likeness (QED) is 0.805. The Kier molecular flexibility index (Phi) is 4.94. The summed E-state index contributed by atoms with van der Waals surface area (Å²) in [5, 5.41) is 0. The van der Waals surface area contributed by atoms with Crippen LogP contribution in [0.3, 0.4) is 0 Å². The highest BCUT2D eigenvalue weighted by molar-refractivity contribution is 5.95. The largest absolute Gasteiger partial charge is 0.466 e. The van der Waals surface area contributed by atoms with E-state index in [0.717, 1.165) is 6.42 Å². The van der Waals surface area contributed by atoms with Crippen LogP contribution in [0.25, 0.3) is 0 Å². The van der Waals surface area contributed by atoms with Gasteiger partial charge < -0.3 is 9.64 Å². The molecule has 2 rings (SSSR count). The maximum absolute atomic E-state index is 14.0. The van der Waals surface area contributed by atoms with Crippen LogP contribution in [-0.4, -0.2) is 36.5 Å². The van der Waals surface area contributed by atoms with E-state index in [1.807, 2.05) is 0 Å². The smallest absolute Gasteiger partial charge is 0.310 e. The Morgan fingerprint density at radius 3 is 2.90 bits per heavy atom. The van der Waals surface area contributed by atoms with Gasteiger partial charge in [0, 0.05) is 13.1 Å². The maximum Gasteiger partial charge on any atom is 0.310 e. The fourth-order valence-corrected chi connectivity index (χ4v) is 2.60. The normalized spacial score (nSPS) is 18.4. The molecule has 0 radical (unpaired) electrons. The number of esters is 1. The lowest BCUT2D eigenvalue weighted by Gasteiger charge is -2.31. The average Bonchev–Trinajstić information content (AvgIpc) is 2.50. The molecule has 0 spiro atoms. The second-order valence-corrected chi connectivity index (χ2v) is 5.28. The highest BCUT2D eigenvalue weighted by atomic mass is 19.1. The summed E-state index contributed by atoms with van der Waals surface area (Å²) >= 11 is 0. The average molecular weight is 293 g/mol. The number of nitrogens with zero attached hydrogens (tertiary/aromatic N) is 1. The second-order valence-electron chi connectivity index (χ2n) is 5.28. The predicted molar refractivity (Wildman–Crippen MR) is 76.4 cm³/mol. The molecule has 0 aliphatic carbocycles. The van der Waals surface area contributed by atoms with E-state index >= 15 is 0 Å². The van der Waals surface area contributed by atoms with Crippen LogP contribution >= 0.6 is 0 Å². The minimum absolute atomic E-state index is 0.0690. The summed E-state index contributed by atoms with van der Waals surface area (Å²) in [5.74, 6) is -1.43. The standard InChI is InChI=1S/C16H20FNO3/c1-3-21-16(20)12-7-5-9-18(10-12)15(19)13-8-4-6-11(2)14(13)17/h4,6,8,12H,3,5,7,9-10H2,1-2H3/t12-/m1/s1. The van der Waals surface area contributed by atoms with E-state index in [1.54, 1.807) is 30.9 Å². The van der Waals surface area contributed by atoms with Gasteiger partial charge in [-0.25, -0.2) is 4.39 Å². The molecule has 1 aliphatic heterocycles. The lowest BCUT2D eigenvalue weighted by molar-refractivity contribution is -0.149. The van der Waals surface area contributed by atoms with Crippen molar-refractivity contribution in [1.29, 1.82) is 0 Å². The third-order valence-corrected chi connectivity index (χ3v) is 3.75. The van der Waals surface area contributed by atoms with E-state index in [1.165, 1.54) is 6.07 Å². The topological polar surface area (TPSA) is 46.6 Å². The molecule has 0 saturated carbocycles. The van der Waals surface area contributed by atoms with Gasteiger partial charge in [0.25, 0.3) is 5.91 Å². The number of halogens is 1. The zero-order chi connectivity index (χ0) is 15.4. The minimum atomic E-state index is -0.485. The van der Waals surface area contributed by atoms with Gasteiger partial charge in [-0.2, -0.15) is 0 Å². The Morgan fingerprint density at radius 1 is 1.43 bits per heavy atom. The van der Waals surface area contributed by atoms with Crippen molar-refractivity contribution in [3.05, 3.63) is 35.1 Å². The van der Waals surface area contributed by atoms with Gasteiger partial charge >= 0.3 is 5.97 Å². The first-order valence-electron chi connectivity index (χ1n) is 7.25. The molecule has 0 unspecified atom stereocenters. The molecule has 1 aromatic carbocycles. The molecule has 1 aromatic rings. The molecular formula is C16H20FNO3. The summed E-state index contributed by atoms with van der Waals surface area (Å²) in [6.07, 6.45) is 1.43. The Labute approximate surface area is 123 Å². The molecule has 1 aliphatic rings. The van der Waals surface area contributed by atoms with Crippen molar-refractivity contribution in [1.82, 2.24) is 4.90 Å². The van der Waals surface area contributed by atoms with Gasteiger partial charge in [-0.3, -0.25) is 9.59 Å². The number of amides is 1. The van der Waals surface area contributed by atoms with Crippen molar-refractivity contribution in [2.45, 2.75) is 26.7 Å². The maximum atomic E-state index is 14.0. The third-order valence-electron chi connectivity index (χ3n) is 3.75. The Hall–Kier alpha value is -1.91. The van der Waals surface area contributed by atoms with Crippen molar-refractivity contribution in [2.24, 2.45) is 5.92 Å².